The highest BCUT2D eigenvalue weighted by Gasteiger charge is 2.20. The summed E-state index contributed by atoms with van der Waals surface area (Å²) >= 11 is 0. The van der Waals surface area contributed by atoms with Gasteiger partial charge in [0.2, 0.25) is 0 Å². The average molecular weight is 478 g/mol. The summed E-state index contributed by atoms with van der Waals surface area (Å²) in [7, 11) is -1.95. The maximum atomic E-state index is 12.6. The second-order valence-corrected chi connectivity index (χ2v) is 9.74. The maximum absolute atomic E-state index is 12.6. The van der Waals surface area contributed by atoms with Crippen molar-refractivity contribution in [2.45, 2.75) is 24.2 Å². The van der Waals surface area contributed by atoms with Crippen molar-refractivity contribution < 1.29 is 17.9 Å². The van der Waals surface area contributed by atoms with Gasteiger partial charge in [-0.3, -0.25) is 4.79 Å². The summed E-state index contributed by atoms with van der Waals surface area (Å²) in [4.78, 5) is 14.4. The molecule has 3 aromatic rings. The van der Waals surface area contributed by atoms with E-state index in [1.807, 2.05) is 66.5 Å². The summed E-state index contributed by atoms with van der Waals surface area (Å²) in [6, 6.07) is 23.7. The predicted molar refractivity (Wildman–Crippen MR) is 133 cm³/mol. The molecule has 0 saturated carbocycles. The van der Waals surface area contributed by atoms with Crippen molar-refractivity contribution in [3.63, 3.8) is 0 Å². The molecule has 0 atom stereocenters. The van der Waals surface area contributed by atoms with Gasteiger partial charge in [-0.1, -0.05) is 48.5 Å². The molecule has 34 heavy (non-hydrogen) atoms. The van der Waals surface area contributed by atoms with E-state index in [2.05, 4.69) is 9.71 Å². The Morgan fingerprint density at radius 3 is 2.41 bits per heavy atom. The molecule has 1 fully saturated rings. The van der Waals surface area contributed by atoms with Crippen molar-refractivity contribution >= 4 is 27.5 Å². The van der Waals surface area contributed by atoms with Crippen LogP contribution in [0.4, 0.5) is 5.69 Å². The number of carbonyl (C=O) groups excluding carboxylic acids is 1. The number of anilines is 1. The Hall–Kier alpha value is -3.65. The van der Waals surface area contributed by atoms with Crippen LogP contribution in [0.25, 0.3) is 0 Å². The summed E-state index contributed by atoms with van der Waals surface area (Å²) < 4.78 is 34.9. The Morgan fingerprint density at radius 1 is 1.00 bits per heavy atom. The molecule has 1 N–H and O–H groups in total. The molecule has 0 radical (unpaired) electrons. The van der Waals surface area contributed by atoms with Gasteiger partial charge in [0.05, 0.1) is 4.90 Å². The molecular weight excluding hydrogens is 450 g/mol. The molecule has 0 aromatic heterocycles. The zero-order valence-corrected chi connectivity index (χ0v) is 19.8. The lowest BCUT2D eigenvalue weighted by Crippen LogP contribution is -2.21. The zero-order valence-electron chi connectivity index (χ0n) is 19.0. The largest absolute Gasteiger partial charge is 0.483 e. The highest BCUT2D eigenvalue weighted by molar-refractivity contribution is 7.90. The molecule has 4 rings (SSSR count). The molecule has 8 heteroatoms. The van der Waals surface area contributed by atoms with E-state index in [4.69, 9.17) is 4.74 Å². The molecule has 1 saturated heterocycles. The lowest BCUT2D eigenvalue weighted by molar-refractivity contribution is -0.118. The Kier molecular flexibility index (Phi) is 7.27. The Bertz CT molecular complexity index is 1270. The van der Waals surface area contributed by atoms with Gasteiger partial charge in [0.25, 0.3) is 15.9 Å². The molecule has 1 aliphatic heterocycles. The third-order valence-corrected chi connectivity index (χ3v) is 6.88. The Balaban J connectivity index is 1.35. The SMILES string of the molecule is CN1CCC/C1=N\S(=O)(=O)c1ccc(NC(=O)COc2ccccc2Cc2ccccc2)cc1. The highest BCUT2D eigenvalue weighted by atomic mass is 32.2. The van der Waals surface area contributed by atoms with E-state index in [-0.39, 0.29) is 17.4 Å². The summed E-state index contributed by atoms with van der Waals surface area (Å²) in [6.45, 7) is 0.643. The van der Waals surface area contributed by atoms with Crippen LogP contribution in [0.1, 0.15) is 24.0 Å². The molecule has 1 aliphatic rings. The molecule has 0 bridgehead atoms. The van der Waals surface area contributed by atoms with Crippen molar-refractivity contribution in [2.75, 3.05) is 25.5 Å². The van der Waals surface area contributed by atoms with E-state index in [0.717, 1.165) is 24.1 Å². The molecule has 1 amide bonds. The number of para-hydroxylation sites is 1. The number of nitrogens with zero attached hydrogens (tertiary/aromatic N) is 2. The molecule has 176 valence electrons. The van der Waals surface area contributed by atoms with Gasteiger partial charge in [0.15, 0.2) is 6.61 Å². The number of hydrogen-bond acceptors (Lipinski definition) is 4. The lowest BCUT2D eigenvalue weighted by Gasteiger charge is -2.12. The van der Waals surface area contributed by atoms with Crippen LogP contribution in [0.2, 0.25) is 0 Å². The number of ether oxygens (including phenoxy) is 1. The predicted octanol–water partition coefficient (Wildman–Crippen LogP) is 4.11. The van der Waals surface area contributed by atoms with Crippen LogP contribution in [0, 0.1) is 0 Å². The van der Waals surface area contributed by atoms with Crippen molar-refractivity contribution in [1.82, 2.24) is 4.90 Å². The van der Waals surface area contributed by atoms with E-state index >= 15 is 0 Å². The maximum Gasteiger partial charge on any atom is 0.283 e. The highest BCUT2D eigenvalue weighted by Crippen LogP contribution is 2.22. The van der Waals surface area contributed by atoms with Crippen LogP contribution >= 0.6 is 0 Å². The minimum absolute atomic E-state index is 0.0874. The number of hydrogen-bond donors (Lipinski definition) is 1. The Morgan fingerprint density at radius 2 is 1.71 bits per heavy atom. The summed E-state index contributed by atoms with van der Waals surface area (Å²) in [5, 5.41) is 2.74. The fourth-order valence-corrected chi connectivity index (χ4v) is 4.85. The normalized spacial score (nSPS) is 14.9. The van der Waals surface area contributed by atoms with Gasteiger partial charge in [-0.2, -0.15) is 8.42 Å². The second kappa shape index (κ2) is 10.5. The van der Waals surface area contributed by atoms with Gasteiger partial charge in [0.1, 0.15) is 11.6 Å². The molecular formula is C26H27N3O4S. The van der Waals surface area contributed by atoms with E-state index in [1.54, 1.807) is 12.1 Å². The van der Waals surface area contributed by atoms with Crippen LogP contribution < -0.4 is 10.1 Å². The average Bonchev–Trinajstić information content (AvgIpc) is 3.23. The first kappa shape index (κ1) is 23.5. The molecule has 3 aromatic carbocycles. The van der Waals surface area contributed by atoms with Gasteiger partial charge in [-0.15, -0.1) is 4.40 Å². The number of rotatable bonds is 8. The Labute approximate surface area is 200 Å². The molecule has 1 heterocycles. The van der Waals surface area contributed by atoms with Crippen LogP contribution in [0.5, 0.6) is 5.75 Å². The molecule has 0 unspecified atom stereocenters. The van der Waals surface area contributed by atoms with Gasteiger partial charge >= 0.3 is 0 Å². The minimum atomic E-state index is -3.79. The van der Waals surface area contributed by atoms with Crippen molar-refractivity contribution in [1.29, 1.82) is 0 Å². The first-order valence-corrected chi connectivity index (χ1v) is 12.5. The van der Waals surface area contributed by atoms with E-state index in [1.165, 1.54) is 12.1 Å². The molecule has 0 aliphatic carbocycles. The van der Waals surface area contributed by atoms with Crippen LogP contribution in [0.15, 0.2) is 88.2 Å². The third kappa shape index (κ3) is 6.02. The molecule has 0 spiro atoms. The zero-order chi connectivity index (χ0) is 24.0. The number of benzene rings is 3. The number of nitrogens with one attached hydrogen (secondary N) is 1. The van der Waals surface area contributed by atoms with Gasteiger partial charge in [0, 0.05) is 32.1 Å². The van der Waals surface area contributed by atoms with Crippen LogP contribution in [-0.2, 0) is 21.2 Å². The number of likely N-dealkylation sites (tertiary alicyclic amines) is 1. The summed E-state index contributed by atoms with van der Waals surface area (Å²) in [6.07, 6.45) is 2.25. The fourth-order valence-electron chi connectivity index (χ4n) is 3.76. The van der Waals surface area contributed by atoms with E-state index in [0.29, 0.717) is 30.1 Å². The number of amides is 1. The smallest absolute Gasteiger partial charge is 0.283 e. The number of sulfonamides is 1. The van der Waals surface area contributed by atoms with Gasteiger partial charge in [-0.05, 0) is 47.9 Å². The van der Waals surface area contributed by atoms with Crippen molar-refractivity contribution in [2.24, 2.45) is 4.40 Å². The first-order chi connectivity index (χ1) is 16.4. The van der Waals surface area contributed by atoms with Gasteiger partial charge in [-0.25, -0.2) is 0 Å². The second-order valence-electron chi connectivity index (χ2n) is 8.14. The van der Waals surface area contributed by atoms with Crippen molar-refractivity contribution in [3.8, 4) is 5.75 Å². The van der Waals surface area contributed by atoms with Crippen LogP contribution in [-0.4, -0.2) is 45.3 Å². The van der Waals surface area contributed by atoms with E-state index in [9.17, 15) is 13.2 Å². The quantitative estimate of drug-likeness (QED) is 0.528. The topological polar surface area (TPSA) is 88.1 Å². The third-order valence-electron chi connectivity index (χ3n) is 5.56. The number of carbonyl (C=O) groups is 1. The monoisotopic (exact) mass is 477 g/mol. The fraction of sp³-hybridized carbons (Fsp3) is 0.231. The first-order valence-electron chi connectivity index (χ1n) is 11.1. The van der Waals surface area contributed by atoms with Gasteiger partial charge < -0.3 is 15.0 Å². The molecule has 7 nitrogen and oxygen atoms in total. The lowest BCUT2D eigenvalue weighted by atomic mass is 10.0. The standard InChI is InChI=1S/C26H27N3O4S/c1-29-17-7-12-25(29)28-34(31,32)23-15-13-22(14-16-23)27-26(30)19-33-24-11-6-5-10-21(24)18-20-8-3-2-4-9-20/h2-6,8-11,13-16H,7,12,17-19H2,1H3,(H,27,30)/b28-25+. The minimum Gasteiger partial charge on any atom is -0.483 e. The summed E-state index contributed by atoms with van der Waals surface area (Å²) in [5.41, 5.74) is 2.63. The summed E-state index contributed by atoms with van der Waals surface area (Å²) in [5.74, 6) is 0.888. The number of amidine groups is 1. The van der Waals surface area contributed by atoms with Crippen molar-refractivity contribution in [3.05, 3.63) is 90.0 Å². The van der Waals surface area contributed by atoms with Crippen LogP contribution in [0.3, 0.4) is 0 Å². The van der Waals surface area contributed by atoms with E-state index < -0.39 is 10.0 Å².